The van der Waals surface area contributed by atoms with Crippen LogP contribution in [0.5, 0.6) is 0 Å². The fraction of sp³-hybridized carbons (Fsp3) is 0.909. The summed E-state index contributed by atoms with van der Waals surface area (Å²) in [6.45, 7) is 15.2. The number of hydrogen-bond acceptors (Lipinski definition) is 2. The molecule has 1 saturated heterocycles. The van der Waals surface area contributed by atoms with Crippen LogP contribution in [0.4, 0.5) is 0 Å². The van der Waals surface area contributed by atoms with Crippen LogP contribution in [-0.4, -0.2) is 55.6 Å². The van der Waals surface area contributed by atoms with E-state index in [1.165, 1.54) is 45.6 Å². The van der Waals surface area contributed by atoms with Crippen LogP contribution in [-0.2, 0) is 0 Å². The second kappa shape index (κ2) is 6.80. The van der Waals surface area contributed by atoms with Crippen LogP contribution in [0.3, 0.4) is 0 Å². The molecule has 14 heavy (non-hydrogen) atoms. The van der Waals surface area contributed by atoms with Crippen molar-refractivity contribution >= 4 is 0 Å². The maximum Gasteiger partial charge on any atom is 0.275 e. The molecule has 1 aliphatic heterocycles. The van der Waals surface area contributed by atoms with Gasteiger partial charge in [0.05, 0.1) is 6.54 Å². The summed E-state index contributed by atoms with van der Waals surface area (Å²) in [5.74, 6) is 0. The maximum absolute atomic E-state index is 5.13. The smallest absolute Gasteiger partial charge is 0.275 e. The number of rotatable bonds is 5. The molecule has 1 heterocycles. The lowest BCUT2D eigenvalue weighted by atomic mass is 10.2. The van der Waals surface area contributed by atoms with E-state index < -0.39 is 0 Å². The minimum Gasteiger partial charge on any atom is -0.301 e. The zero-order chi connectivity index (χ0) is 10.2. The first kappa shape index (κ1) is 11.5. The number of piperazine rings is 1. The summed E-state index contributed by atoms with van der Waals surface area (Å²) in [4.78, 5) is 8.64. The first-order valence-electron chi connectivity index (χ1n) is 5.68. The first-order valence-corrected chi connectivity index (χ1v) is 5.68. The van der Waals surface area contributed by atoms with E-state index in [9.17, 15) is 0 Å². The molecule has 0 spiro atoms. The molecule has 0 N–H and O–H groups in total. The van der Waals surface area contributed by atoms with Gasteiger partial charge in [0.15, 0.2) is 0 Å². The molecule has 0 aliphatic carbocycles. The molecule has 0 bridgehead atoms. The molecule has 1 fully saturated rings. The molecule has 3 heteroatoms. The summed E-state index contributed by atoms with van der Waals surface area (Å²) < 4.78 is 0. The molecule has 80 valence electrons. The van der Waals surface area contributed by atoms with Crippen molar-refractivity contribution in [2.75, 3.05) is 45.8 Å². The number of unbranched alkanes of at least 4 members (excludes halogenated alkanes) is 1. The van der Waals surface area contributed by atoms with Crippen LogP contribution in [0.2, 0.25) is 0 Å². The average molecular weight is 196 g/mol. The van der Waals surface area contributed by atoms with Crippen molar-refractivity contribution in [2.45, 2.75) is 19.8 Å². The zero-order valence-corrected chi connectivity index (χ0v) is 9.28. The van der Waals surface area contributed by atoms with Gasteiger partial charge in [0.1, 0.15) is 0 Å². The Bertz CT molecular complexity index is 177. The van der Waals surface area contributed by atoms with Crippen molar-refractivity contribution in [1.29, 1.82) is 0 Å². The van der Waals surface area contributed by atoms with Gasteiger partial charge in [0.2, 0.25) is 0 Å². The van der Waals surface area contributed by atoms with Crippen molar-refractivity contribution in [3.63, 3.8) is 0 Å². The molecule has 0 aromatic carbocycles. The Hall–Kier alpha value is -0.590. The molecule has 0 aromatic rings. The number of nitrogens with zero attached hydrogens (tertiary/aromatic N) is 3. The van der Waals surface area contributed by atoms with Crippen LogP contribution >= 0.6 is 0 Å². The Balaban J connectivity index is 2.09. The van der Waals surface area contributed by atoms with Crippen molar-refractivity contribution in [3.8, 4) is 6.57 Å². The summed E-state index contributed by atoms with van der Waals surface area (Å²) in [6.07, 6.45) is 2.63. The summed E-state index contributed by atoms with van der Waals surface area (Å²) in [5, 5.41) is 0. The second-order valence-corrected chi connectivity index (χ2v) is 3.94. The third kappa shape index (κ3) is 4.08. The van der Waals surface area contributed by atoms with Gasteiger partial charge in [-0.25, -0.2) is 0 Å². The Labute approximate surface area is 87.5 Å². The molecule has 1 rings (SSSR count). The highest BCUT2D eigenvalue weighted by Crippen LogP contribution is 2.02. The molecule has 0 aromatic heterocycles. The van der Waals surface area contributed by atoms with Crippen LogP contribution < -0.4 is 0 Å². The van der Waals surface area contributed by atoms with E-state index in [0.29, 0.717) is 0 Å². The molecule has 1 aliphatic rings. The van der Waals surface area contributed by atoms with Crippen molar-refractivity contribution < 1.29 is 0 Å². The SMILES string of the molecule is C#[N+]CCN1CCN(CCCC)CC1. The summed E-state index contributed by atoms with van der Waals surface area (Å²) in [6, 6.07) is 0. The zero-order valence-electron chi connectivity index (χ0n) is 9.28. The minimum absolute atomic E-state index is 0.773. The number of hydrogen-bond donors (Lipinski definition) is 0. The van der Waals surface area contributed by atoms with Crippen molar-refractivity contribution in [2.24, 2.45) is 0 Å². The van der Waals surface area contributed by atoms with E-state index in [2.05, 4.69) is 21.6 Å². The standard InChI is InChI=1S/C11H22N3/c1-3-4-6-13-8-10-14(11-9-13)7-5-12-2/h2H,3-11H2,1H3/q+1. The van der Waals surface area contributed by atoms with Gasteiger partial charge in [-0.2, -0.15) is 0 Å². The average Bonchev–Trinajstić information content (AvgIpc) is 2.25. The first-order chi connectivity index (χ1) is 6.86. The summed E-state index contributed by atoms with van der Waals surface area (Å²) in [7, 11) is 0. The Kier molecular flexibility index (Phi) is 5.58. The molecule has 0 radical (unpaired) electrons. The Morgan fingerprint density at radius 2 is 1.64 bits per heavy atom. The molecule has 0 atom stereocenters. The Morgan fingerprint density at radius 1 is 1.07 bits per heavy atom. The van der Waals surface area contributed by atoms with Gasteiger partial charge in [-0.1, -0.05) is 18.2 Å². The van der Waals surface area contributed by atoms with Gasteiger partial charge in [0, 0.05) is 26.2 Å². The van der Waals surface area contributed by atoms with E-state index in [1.54, 1.807) is 0 Å². The minimum atomic E-state index is 0.773. The molecule has 0 saturated carbocycles. The van der Waals surface area contributed by atoms with E-state index in [4.69, 9.17) is 6.57 Å². The molecular formula is C11H22N3+. The lowest BCUT2D eigenvalue weighted by Crippen LogP contribution is -2.47. The van der Waals surface area contributed by atoms with Gasteiger partial charge in [-0.15, -0.1) is 0 Å². The van der Waals surface area contributed by atoms with Gasteiger partial charge in [0.25, 0.3) is 13.1 Å². The lowest BCUT2D eigenvalue weighted by molar-refractivity contribution is 0.135. The van der Waals surface area contributed by atoms with Crippen LogP contribution in [0.1, 0.15) is 19.8 Å². The quantitative estimate of drug-likeness (QED) is 0.657. The highest BCUT2D eigenvalue weighted by molar-refractivity contribution is 4.75. The topological polar surface area (TPSA) is 10.8 Å². The monoisotopic (exact) mass is 196 g/mol. The molecule has 3 nitrogen and oxygen atoms in total. The van der Waals surface area contributed by atoms with Crippen molar-refractivity contribution in [3.05, 3.63) is 4.85 Å². The van der Waals surface area contributed by atoms with Crippen LogP contribution in [0, 0.1) is 6.57 Å². The summed E-state index contributed by atoms with van der Waals surface area (Å²) >= 11 is 0. The van der Waals surface area contributed by atoms with E-state index in [0.717, 1.165) is 13.1 Å². The van der Waals surface area contributed by atoms with Crippen molar-refractivity contribution in [1.82, 2.24) is 9.80 Å². The predicted molar refractivity (Wildman–Crippen MR) is 61.0 cm³/mol. The largest absolute Gasteiger partial charge is 0.301 e. The van der Waals surface area contributed by atoms with Crippen LogP contribution in [0.25, 0.3) is 4.85 Å². The van der Waals surface area contributed by atoms with Gasteiger partial charge >= 0.3 is 0 Å². The van der Waals surface area contributed by atoms with Gasteiger partial charge in [-0.05, 0) is 13.0 Å². The summed E-state index contributed by atoms with van der Waals surface area (Å²) in [5.41, 5.74) is 0. The van der Waals surface area contributed by atoms with Gasteiger partial charge < -0.3 is 4.90 Å². The van der Waals surface area contributed by atoms with Crippen LogP contribution in [0.15, 0.2) is 0 Å². The lowest BCUT2D eigenvalue weighted by Gasteiger charge is -2.33. The normalized spacial score (nSPS) is 19.4. The maximum atomic E-state index is 5.13. The Morgan fingerprint density at radius 3 is 2.14 bits per heavy atom. The molecule has 0 amide bonds. The third-order valence-electron chi connectivity index (χ3n) is 2.84. The fourth-order valence-electron chi connectivity index (χ4n) is 1.82. The second-order valence-electron chi connectivity index (χ2n) is 3.94. The molecular weight excluding hydrogens is 174 g/mol. The highest BCUT2D eigenvalue weighted by atomic mass is 15.3. The highest BCUT2D eigenvalue weighted by Gasteiger charge is 2.16. The predicted octanol–water partition coefficient (Wildman–Crippen LogP) is 1.37. The van der Waals surface area contributed by atoms with E-state index >= 15 is 0 Å². The van der Waals surface area contributed by atoms with E-state index in [1.807, 2.05) is 0 Å². The van der Waals surface area contributed by atoms with E-state index in [-0.39, 0.29) is 0 Å². The molecule has 0 unspecified atom stereocenters. The fourth-order valence-corrected chi connectivity index (χ4v) is 1.82. The third-order valence-corrected chi connectivity index (χ3v) is 2.84. The van der Waals surface area contributed by atoms with Gasteiger partial charge in [-0.3, -0.25) is 4.90 Å².